The third-order valence-electron chi connectivity index (χ3n) is 3.55. The van der Waals surface area contributed by atoms with Crippen LogP contribution in [0, 0.1) is 13.8 Å². The van der Waals surface area contributed by atoms with Gasteiger partial charge in [0.05, 0.1) is 15.5 Å². The summed E-state index contributed by atoms with van der Waals surface area (Å²) in [5.74, 6) is 0. The molecule has 0 aliphatic rings. The summed E-state index contributed by atoms with van der Waals surface area (Å²) in [5.41, 5.74) is 1.39. The van der Waals surface area contributed by atoms with Gasteiger partial charge in [0, 0.05) is 16.4 Å². The van der Waals surface area contributed by atoms with Gasteiger partial charge in [0.25, 0.3) is 0 Å². The Bertz CT molecular complexity index is 963. The zero-order chi connectivity index (χ0) is 17.3. The molecule has 2 heterocycles. The lowest BCUT2D eigenvalue weighted by molar-refractivity contribution is 0.581. The minimum absolute atomic E-state index is 0.204. The van der Waals surface area contributed by atoms with Crippen molar-refractivity contribution in [2.75, 3.05) is 0 Å². The second-order valence-corrected chi connectivity index (χ2v) is 9.37. The van der Waals surface area contributed by atoms with Crippen molar-refractivity contribution in [3.63, 3.8) is 0 Å². The molecule has 4 nitrogen and oxygen atoms in total. The first-order valence-corrected chi connectivity index (χ1v) is 10.7. The maximum atomic E-state index is 12.5. The van der Waals surface area contributed by atoms with Gasteiger partial charge in [-0.25, -0.2) is 18.1 Å². The van der Waals surface area contributed by atoms with Gasteiger partial charge >= 0.3 is 0 Å². The van der Waals surface area contributed by atoms with Gasteiger partial charge in [0.2, 0.25) is 10.0 Å². The number of aryl methyl sites for hydroxylation is 1. The first-order chi connectivity index (χ1) is 11.4. The Morgan fingerprint density at radius 3 is 2.71 bits per heavy atom. The minimum Gasteiger partial charge on any atom is -0.240 e. The van der Waals surface area contributed by atoms with Gasteiger partial charge in [-0.15, -0.1) is 22.7 Å². The summed E-state index contributed by atoms with van der Waals surface area (Å²) in [5, 5.41) is 3.35. The molecule has 3 aromatic rings. The number of thiazole rings is 1. The molecule has 0 saturated heterocycles. The number of aromatic nitrogens is 1. The maximum absolute atomic E-state index is 12.5. The number of rotatable bonds is 5. The molecule has 126 valence electrons. The second-order valence-electron chi connectivity index (χ2n) is 5.19. The van der Waals surface area contributed by atoms with E-state index < -0.39 is 10.0 Å². The highest BCUT2D eigenvalue weighted by molar-refractivity contribution is 7.89. The van der Waals surface area contributed by atoms with E-state index in [0.717, 1.165) is 20.5 Å². The number of nitrogens with one attached hydrogen (secondary N) is 1. The molecular weight excluding hydrogens is 384 g/mol. The SMILES string of the molecule is Cc1nc(-c2cccs2)sc1CNS(=O)(=O)c1cccc(Cl)c1C. The minimum atomic E-state index is -3.63. The van der Waals surface area contributed by atoms with Crippen LogP contribution in [0.15, 0.2) is 40.6 Å². The van der Waals surface area contributed by atoms with E-state index >= 15 is 0 Å². The molecule has 0 bridgehead atoms. The molecule has 0 atom stereocenters. The Kier molecular flexibility index (Phi) is 5.08. The highest BCUT2D eigenvalue weighted by atomic mass is 35.5. The molecular formula is C16H15ClN2O2S3. The van der Waals surface area contributed by atoms with Crippen LogP contribution in [-0.2, 0) is 16.6 Å². The molecule has 3 rings (SSSR count). The molecule has 0 spiro atoms. The van der Waals surface area contributed by atoms with Crippen molar-refractivity contribution in [3.05, 3.63) is 56.9 Å². The molecule has 0 amide bonds. The Morgan fingerprint density at radius 1 is 1.21 bits per heavy atom. The van der Waals surface area contributed by atoms with Crippen LogP contribution in [0.5, 0.6) is 0 Å². The number of nitrogens with zero attached hydrogens (tertiary/aromatic N) is 1. The van der Waals surface area contributed by atoms with E-state index in [1.165, 1.54) is 11.3 Å². The second kappa shape index (κ2) is 6.93. The molecule has 24 heavy (non-hydrogen) atoms. The van der Waals surface area contributed by atoms with Crippen LogP contribution in [0.2, 0.25) is 5.02 Å². The summed E-state index contributed by atoms with van der Waals surface area (Å²) in [4.78, 5) is 6.73. The van der Waals surface area contributed by atoms with Crippen LogP contribution in [0.1, 0.15) is 16.1 Å². The first-order valence-electron chi connectivity index (χ1n) is 7.13. The highest BCUT2D eigenvalue weighted by Crippen LogP contribution is 2.31. The van der Waals surface area contributed by atoms with Crippen LogP contribution >= 0.6 is 34.3 Å². The number of hydrogen-bond donors (Lipinski definition) is 1. The number of thiophene rings is 1. The Morgan fingerprint density at radius 2 is 2.00 bits per heavy atom. The number of sulfonamides is 1. The molecule has 0 saturated carbocycles. The first kappa shape index (κ1) is 17.6. The number of halogens is 1. The van der Waals surface area contributed by atoms with Crippen LogP contribution in [-0.4, -0.2) is 13.4 Å². The number of hydrogen-bond acceptors (Lipinski definition) is 5. The van der Waals surface area contributed by atoms with E-state index in [1.807, 2.05) is 24.4 Å². The molecule has 0 radical (unpaired) electrons. The highest BCUT2D eigenvalue weighted by Gasteiger charge is 2.19. The molecule has 0 fully saturated rings. The van der Waals surface area contributed by atoms with Crippen molar-refractivity contribution >= 4 is 44.3 Å². The topological polar surface area (TPSA) is 59.1 Å². The molecule has 0 aliphatic carbocycles. The third-order valence-corrected chi connectivity index (χ3v) is 7.71. The van der Waals surface area contributed by atoms with Crippen molar-refractivity contribution < 1.29 is 8.42 Å². The molecule has 1 aromatic carbocycles. The van der Waals surface area contributed by atoms with Gasteiger partial charge in [-0.05, 0) is 43.0 Å². The molecule has 2 aromatic heterocycles. The Hall–Kier alpha value is -1.25. The number of benzene rings is 1. The fraction of sp³-hybridized carbons (Fsp3) is 0.188. The van der Waals surface area contributed by atoms with Crippen molar-refractivity contribution in [1.82, 2.24) is 9.71 Å². The Labute approximate surface area is 154 Å². The lowest BCUT2D eigenvalue weighted by atomic mass is 10.2. The summed E-state index contributed by atoms with van der Waals surface area (Å²) in [7, 11) is -3.63. The van der Waals surface area contributed by atoms with Crippen molar-refractivity contribution in [3.8, 4) is 9.88 Å². The van der Waals surface area contributed by atoms with Crippen LogP contribution < -0.4 is 4.72 Å². The van der Waals surface area contributed by atoms with Gasteiger partial charge in [-0.2, -0.15) is 0 Å². The maximum Gasteiger partial charge on any atom is 0.241 e. The molecule has 0 unspecified atom stereocenters. The van der Waals surface area contributed by atoms with Gasteiger partial charge in [0.1, 0.15) is 5.01 Å². The third kappa shape index (κ3) is 3.55. The normalized spacial score (nSPS) is 11.8. The van der Waals surface area contributed by atoms with E-state index in [0.29, 0.717) is 10.6 Å². The van der Waals surface area contributed by atoms with E-state index in [-0.39, 0.29) is 11.4 Å². The lowest BCUT2D eigenvalue weighted by Crippen LogP contribution is -2.24. The lowest BCUT2D eigenvalue weighted by Gasteiger charge is -2.09. The van der Waals surface area contributed by atoms with Crippen molar-refractivity contribution in [2.45, 2.75) is 25.3 Å². The summed E-state index contributed by atoms with van der Waals surface area (Å²) in [6.45, 7) is 3.80. The monoisotopic (exact) mass is 398 g/mol. The average molecular weight is 399 g/mol. The molecule has 0 aliphatic heterocycles. The van der Waals surface area contributed by atoms with Gasteiger partial charge in [0.15, 0.2) is 0 Å². The summed E-state index contributed by atoms with van der Waals surface area (Å²) in [6.07, 6.45) is 0. The predicted octanol–water partition coefficient (Wildman–Crippen LogP) is 4.62. The fourth-order valence-corrected chi connectivity index (χ4v) is 5.60. The average Bonchev–Trinajstić information content (AvgIpc) is 3.17. The summed E-state index contributed by atoms with van der Waals surface area (Å²) in [6, 6.07) is 8.85. The van der Waals surface area contributed by atoms with Crippen LogP contribution in [0.25, 0.3) is 9.88 Å². The predicted molar refractivity (Wildman–Crippen MR) is 100 cm³/mol. The van der Waals surface area contributed by atoms with Crippen molar-refractivity contribution in [1.29, 1.82) is 0 Å². The van der Waals surface area contributed by atoms with Gasteiger partial charge in [-0.3, -0.25) is 0 Å². The van der Waals surface area contributed by atoms with E-state index in [9.17, 15) is 8.42 Å². The quantitative estimate of drug-likeness (QED) is 0.682. The zero-order valence-corrected chi connectivity index (χ0v) is 16.2. The van der Waals surface area contributed by atoms with Gasteiger partial charge in [-0.1, -0.05) is 23.7 Å². The largest absolute Gasteiger partial charge is 0.241 e. The summed E-state index contributed by atoms with van der Waals surface area (Å²) < 4.78 is 27.7. The standard InChI is InChI=1S/C16H15ClN2O2S3/c1-10-12(17)5-3-7-15(10)24(20,21)18-9-14-11(2)19-16(23-14)13-6-4-8-22-13/h3-8,18H,9H2,1-2H3. The van der Waals surface area contributed by atoms with E-state index in [4.69, 9.17) is 11.6 Å². The summed E-state index contributed by atoms with van der Waals surface area (Å²) >= 11 is 9.15. The molecule has 8 heteroatoms. The fourth-order valence-electron chi connectivity index (χ4n) is 2.21. The van der Waals surface area contributed by atoms with Crippen LogP contribution in [0.3, 0.4) is 0 Å². The zero-order valence-electron chi connectivity index (χ0n) is 13.0. The Balaban J connectivity index is 1.82. The van der Waals surface area contributed by atoms with E-state index in [1.54, 1.807) is 36.5 Å². The smallest absolute Gasteiger partial charge is 0.240 e. The molecule has 1 N–H and O–H groups in total. The van der Waals surface area contributed by atoms with Crippen molar-refractivity contribution in [2.24, 2.45) is 0 Å². The van der Waals surface area contributed by atoms with Crippen LogP contribution in [0.4, 0.5) is 0 Å². The van der Waals surface area contributed by atoms with E-state index in [2.05, 4.69) is 9.71 Å². The van der Waals surface area contributed by atoms with Gasteiger partial charge < -0.3 is 0 Å².